The smallest absolute Gasteiger partial charge is 0.393 e. The summed E-state index contributed by atoms with van der Waals surface area (Å²) in [4.78, 5) is 0. The lowest BCUT2D eigenvalue weighted by atomic mass is 9.85. The normalized spacial score (nSPS) is 28.0. The number of hydrogen-bond donors (Lipinski definition) is 1. The summed E-state index contributed by atoms with van der Waals surface area (Å²) < 4.78 is 39.7. The Morgan fingerprint density at radius 1 is 1.20 bits per heavy atom. The van der Waals surface area contributed by atoms with Gasteiger partial charge in [0.2, 0.25) is 0 Å². The first-order valence-electron chi connectivity index (χ1n) is 5.31. The van der Waals surface area contributed by atoms with Crippen LogP contribution in [0.1, 0.15) is 32.1 Å². The standard InChI is InChI=1S/C10H17F3O2/c11-10(12,13)7-15-6-5-8-3-1-2-4-9(8)14/h8-9,14H,1-7H2. The second kappa shape index (κ2) is 5.70. The van der Waals surface area contributed by atoms with Gasteiger partial charge in [0.25, 0.3) is 0 Å². The van der Waals surface area contributed by atoms with Crippen LogP contribution in [-0.2, 0) is 4.74 Å². The average Bonchev–Trinajstić information content (AvgIpc) is 2.13. The van der Waals surface area contributed by atoms with Crippen molar-refractivity contribution >= 4 is 0 Å². The van der Waals surface area contributed by atoms with Crippen molar-refractivity contribution in [3.8, 4) is 0 Å². The van der Waals surface area contributed by atoms with Gasteiger partial charge in [0.15, 0.2) is 0 Å². The number of aliphatic hydroxyl groups excluding tert-OH is 1. The van der Waals surface area contributed by atoms with Crippen LogP contribution in [0.4, 0.5) is 13.2 Å². The molecule has 0 aromatic rings. The third-order valence-electron chi connectivity index (χ3n) is 2.77. The van der Waals surface area contributed by atoms with Crippen LogP contribution in [0.25, 0.3) is 0 Å². The minimum absolute atomic E-state index is 0.0846. The molecule has 90 valence electrons. The highest BCUT2D eigenvalue weighted by atomic mass is 19.4. The van der Waals surface area contributed by atoms with Crippen LogP contribution >= 0.6 is 0 Å². The third kappa shape index (κ3) is 5.37. The molecule has 15 heavy (non-hydrogen) atoms. The molecule has 1 aliphatic rings. The molecule has 0 aromatic carbocycles. The molecule has 2 nitrogen and oxygen atoms in total. The minimum atomic E-state index is -4.24. The van der Waals surface area contributed by atoms with E-state index < -0.39 is 12.8 Å². The van der Waals surface area contributed by atoms with Gasteiger partial charge < -0.3 is 9.84 Å². The van der Waals surface area contributed by atoms with Crippen LogP contribution in [0, 0.1) is 5.92 Å². The number of rotatable bonds is 4. The lowest BCUT2D eigenvalue weighted by Gasteiger charge is -2.27. The topological polar surface area (TPSA) is 29.5 Å². The first-order valence-corrected chi connectivity index (χ1v) is 5.31. The van der Waals surface area contributed by atoms with Gasteiger partial charge in [-0.15, -0.1) is 0 Å². The molecule has 0 saturated heterocycles. The molecular weight excluding hydrogens is 209 g/mol. The molecule has 1 fully saturated rings. The van der Waals surface area contributed by atoms with E-state index in [1.54, 1.807) is 0 Å². The summed E-state index contributed by atoms with van der Waals surface area (Å²) in [6.07, 6.45) is -0.335. The van der Waals surface area contributed by atoms with Crippen LogP contribution in [0.2, 0.25) is 0 Å². The molecular formula is C10H17F3O2. The number of alkyl halides is 3. The summed E-state index contributed by atoms with van der Waals surface area (Å²) >= 11 is 0. The Balaban J connectivity index is 2.08. The minimum Gasteiger partial charge on any atom is -0.393 e. The number of ether oxygens (including phenoxy) is 1. The molecule has 1 rings (SSSR count). The highest BCUT2D eigenvalue weighted by Gasteiger charge is 2.28. The summed E-state index contributed by atoms with van der Waals surface area (Å²) in [7, 11) is 0. The molecule has 0 aliphatic heterocycles. The number of hydrogen-bond acceptors (Lipinski definition) is 2. The number of aliphatic hydroxyl groups is 1. The van der Waals surface area contributed by atoms with E-state index in [0.29, 0.717) is 6.42 Å². The number of halogens is 3. The predicted octanol–water partition coefficient (Wildman–Crippen LogP) is 2.51. The average molecular weight is 226 g/mol. The van der Waals surface area contributed by atoms with Crippen molar-refractivity contribution < 1.29 is 23.0 Å². The SMILES string of the molecule is OC1CCCCC1CCOCC(F)(F)F. The summed E-state index contributed by atoms with van der Waals surface area (Å²) in [5, 5.41) is 9.55. The Morgan fingerprint density at radius 3 is 2.47 bits per heavy atom. The first-order chi connectivity index (χ1) is 6.99. The fourth-order valence-electron chi connectivity index (χ4n) is 1.95. The second-order valence-corrected chi connectivity index (χ2v) is 4.07. The molecule has 5 heteroatoms. The summed E-state index contributed by atoms with van der Waals surface area (Å²) in [5.41, 5.74) is 0. The lowest BCUT2D eigenvalue weighted by molar-refractivity contribution is -0.175. The Hall–Kier alpha value is -0.290. The van der Waals surface area contributed by atoms with Gasteiger partial charge in [0.05, 0.1) is 6.10 Å². The second-order valence-electron chi connectivity index (χ2n) is 4.07. The molecule has 1 N–H and O–H groups in total. The molecule has 2 atom stereocenters. The zero-order valence-electron chi connectivity index (χ0n) is 8.59. The van der Waals surface area contributed by atoms with Gasteiger partial charge in [-0.05, 0) is 25.2 Å². The molecule has 0 radical (unpaired) electrons. The zero-order chi connectivity index (χ0) is 11.3. The van der Waals surface area contributed by atoms with Crippen LogP contribution in [0.5, 0.6) is 0 Å². The highest BCUT2D eigenvalue weighted by molar-refractivity contribution is 4.74. The monoisotopic (exact) mass is 226 g/mol. The Kier molecular flexibility index (Phi) is 4.86. The van der Waals surface area contributed by atoms with E-state index in [9.17, 15) is 18.3 Å². The fourth-order valence-corrected chi connectivity index (χ4v) is 1.95. The van der Waals surface area contributed by atoms with Crippen molar-refractivity contribution in [2.45, 2.75) is 44.4 Å². The maximum Gasteiger partial charge on any atom is 0.411 e. The van der Waals surface area contributed by atoms with E-state index in [2.05, 4.69) is 4.74 Å². The van der Waals surface area contributed by atoms with Crippen molar-refractivity contribution in [3.63, 3.8) is 0 Å². The molecule has 0 bridgehead atoms. The molecule has 0 spiro atoms. The first kappa shape index (κ1) is 12.8. The van der Waals surface area contributed by atoms with Crippen molar-refractivity contribution in [2.75, 3.05) is 13.2 Å². The highest BCUT2D eigenvalue weighted by Crippen LogP contribution is 2.27. The van der Waals surface area contributed by atoms with Gasteiger partial charge in [-0.3, -0.25) is 0 Å². The molecule has 1 saturated carbocycles. The van der Waals surface area contributed by atoms with Crippen LogP contribution in [0.15, 0.2) is 0 Å². The van der Waals surface area contributed by atoms with Gasteiger partial charge in [-0.25, -0.2) is 0 Å². The van der Waals surface area contributed by atoms with E-state index in [1.807, 2.05) is 0 Å². The molecule has 0 aromatic heterocycles. The van der Waals surface area contributed by atoms with Crippen LogP contribution in [-0.4, -0.2) is 30.6 Å². The Morgan fingerprint density at radius 2 is 1.87 bits per heavy atom. The predicted molar refractivity (Wildman–Crippen MR) is 49.5 cm³/mol. The van der Waals surface area contributed by atoms with E-state index in [0.717, 1.165) is 25.7 Å². The zero-order valence-corrected chi connectivity index (χ0v) is 8.59. The van der Waals surface area contributed by atoms with Crippen molar-refractivity contribution in [2.24, 2.45) is 5.92 Å². The lowest BCUT2D eigenvalue weighted by Crippen LogP contribution is -2.26. The van der Waals surface area contributed by atoms with Gasteiger partial charge in [0, 0.05) is 6.61 Å². The Labute approximate surface area is 87.4 Å². The van der Waals surface area contributed by atoms with Gasteiger partial charge in [0.1, 0.15) is 6.61 Å². The van der Waals surface area contributed by atoms with Crippen molar-refractivity contribution in [3.05, 3.63) is 0 Å². The quantitative estimate of drug-likeness (QED) is 0.746. The summed E-state index contributed by atoms with van der Waals surface area (Å²) in [5.74, 6) is 0.118. The van der Waals surface area contributed by atoms with E-state index in [-0.39, 0.29) is 18.6 Å². The van der Waals surface area contributed by atoms with E-state index in [4.69, 9.17) is 0 Å². The van der Waals surface area contributed by atoms with Crippen molar-refractivity contribution in [1.82, 2.24) is 0 Å². The largest absolute Gasteiger partial charge is 0.411 e. The van der Waals surface area contributed by atoms with Crippen LogP contribution in [0.3, 0.4) is 0 Å². The van der Waals surface area contributed by atoms with E-state index >= 15 is 0 Å². The maximum atomic E-state index is 11.7. The fraction of sp³-hybridized carbons (Fsp3) is 1.00. The molecule has 1 aliphatic carbocycles. The van der Waals surface area contributed by atoms with Gasteiger partial charge >= 0.3 is 6.18 Å². The maximum absolute atomic E-state index is 11.7. The van der Waals surface area contributed by atoms with Crippen molar-refractivity contribution in [1.29, 1.82) is 0 Å². The van der Waals surface area contributed by atoms with Crippen LogP contribution < -0.4 is 0 Å². The van der Waals surface area contributed by atoms with E-state index in [1.165, 1.54) is 0 Å². The summed E-state index contributed by atoms with van der Waals surface area (Å²) in [6, 6.07) is 0. The molecule has 0 amide bonds. The third-order valence-corrected chi connectivity index (χ3v) is 2.77. The van der Waals surface area contributed by atoms with Gasteiger partial charge in [-0.2, -0.15) is 13.2 Å². The molecule has 2 unspecified atom stereocenters. The Bertz CT molecular complexity index is 182. The summed E-state index contributed by atoms with van der Waals surface area (Å²) in [6.45, 7) is -1.10. The molecule has 0 heterocycles. The van der Waals surface area contributed by atoms with Gasteiger partial charge in [-0.1, -0.05) is 12.8 Å².